The number of rotatable bonds is 7. The number of hydrogen-bond acceptors (Lipinski definition) is 9. The van der Waals surface area contributed by atoms with Crippen LogP contribution in [0.5, 0.6) is 0 Å². The third kappa shape index (κ3) is 7.28. The van der Waals surface area contributed by atoms with Gasteiger partial charge in [-0.1, -0.05) is 18.6 Å². The molecule has 1 amide bonds. The van der Waals surface area contributed by atoms with Crippen molar-refractivity contribution in [2.24, 2.45) is 0 Å². The summed E-state index contributed by atoms with van der Waals surface area (Å²) in [6, 6.07) is 3.84. The highest BCUT2D eigenvalue weighted by Crippen LogP contribution is 2.40. The van der Waals surface area contributed by atoms with E-state index in [0.29, 0.717) is 12.6 Å². The zero-order valence-corrected chi connectivity index (χ0v) is 29.4. The quantitative estimate of drug-likeness (QED) is 0.192. The van der Waals surface area contributed by atoms with E-state index in [2.05, 4.69) is 19.9 Å². The maximum absolute atomic E-state index is 16.1. The minimum absolute atomic E-state index is 0.0959. The molecule has 6 rings (SSSR count). The Morgan fingerprint density at radius 1 is 1.02 bits per heavy atom. The molecule has 0 radical (unpaired) electrons. The van der Waals surface area contributed by atoms with Gasteiger partial charge in [0.1, 0.15) is 17.3 Å². The fourth-order valence-electron chi connectivity index (χ4n) is 6.79. The summed E-state index contributed by atoms with van der Waals surface area (Å²) in [7, 11) is -4.13. The molecular weight excluding hydrogens is 709 g/mol. The van der Waals surface area contributed by atoms with Gasteiger partial charge in [0.2, 0.25) is 5.91 Å². The van der Waals surface area contributed by atoms with Crippen LogP contribution in [0.25, 0.3) is 28.0 Å². The van der Waals surface area contributed by atoms with Gasteiger partial charge in [-0.05, 0) is 69.6 Å². The molecule has 2 aliphatic heterocycles. The minimum Gasteiger partial charge on any atom is -0.350 e. The number of fused-ring (bicyclic) bond motifs is 1. The highest BCUT2D eigenvalue weighted by atomic mass is 32.2. The van der Waals surface area contributed by atoms with Gasteiger partial charge in [0.05, 0.1) is 22.2 Å². The molecule has 1 atom stereocenters. The monoisotopic (exact) mass is 745 g/mol. The van der Waals surface area contributed by atoms with Crippen molar-refractivity contribution in [2.45, 2.75) is 50.4 Å². The maximum Gasteiger partial charge on any atom is 0.417 e. The van der Waals surface area contributed by atoms with Gasteiger partial charge < -0.3 is 9.80 Å². The van der Waals surface area contributed by atoms with Gasteiger partial charge in [0, 0.05) is 50.7 Å². The number of likely N-dealkylation sites (tertiary alicyclic amines) is 1. The molecule has 0 unspecified atom stereocenters. The first-order valence-corrected chi connectivity index (χ1v) is 18.5. The van der Waals surface area contributed by atoms with E-state index in [1.165, 1.54) is 31.7 Å². The number of hydrogen-bond donors (Lipinski definition) is 0. The molecule has 0 N–H and O–H groups in total. The third-order valence-electron chi connectivity index (χ3n) is 9.31. The number of piperidine rings is 1. The number of sulfone groups is 1. The molecule has 17 heteroatoms. The number of alkyl halides is 3. The molecule has 0 saturated carbocycles. The summed E-state index contributed by atoms with van der Waals surface area (Å²) in [6.07, 6.45) is 3.73. The van der Waals surface area contributed by atoms with E-state index < -0.39 is 66.9 Å². The Kier molecular flexibility index (Phi) is 10.2. The van der Waals surface area contributed by atoms with Crippen LogP contribution in [-0.4, -0.2) is 95.2 Å². The van der Waals surface area contributed by atoms with Gasteiger partial charge in [-0.25, -0.2) is 36.5 Å². The molecule has 3 aromatic heterocycles. The number of carbonyl (C=O) groups is 1. The fourth-order valence-corrected chi connectivity index (χ4v) is 7.65. The number of piperazine rings is 1. The van der Waals surface area contributed by atoms with Crippen LogP contribution in [-0.2, 0) is 20.8 Å². The van der Waals surface area contributed by atoms with Crippen LogP contribution in [0.15, 0.2) is 58.5 Å². The van der Waals surface area contributed by atoms with Crippen molar-refractivity contribution >= 4 is 32.6 Å². The van der Waals surface area contributed by atoms with Crippen molar-refractivity contribution < 1.29 is 35.2 Å². The summed E-state index contributed by atoms with van der Waals surface area (Å²) < 4.78 is 100. The summed E-state index contributed by atoms with van der Waals surface area (Å²) in [4.78, 5) is 45.0. The fraction of sp³-hybridized carbons (Fsp3) is 0.400. The lowest BCUT2D eigenvalue weighted by molar-refractivity contribution is -0.137. The number of benzene rings is 1. The Bertz CT molecular complexity index is 2240. The standard InChI is InChI=1S/C35H36F5N7O4S/c1-21-12-13-41-33(52(3,50)51)30(21)47-32-23(19-26(37)29(42-32)28-24(35(38,39)40)9-7-10-25(28)36)31(43-34(47)49)46-18-17-45(20-22(46)2)27(48)11-8-16-44-14-5-4-6-15-44/h7-13,19,22H,4-6,14-18,20H2,1-3H3/b11-8+/t22-/m0/s1. The number of halogens is 5. The predicted octanol–water partition coefficient (Wildman–Crippen LogP) is 4.93. The highest BCUT2D eigenvalue weighted by molar-refractivity contribution is 7.90. The van der Waals surface area contributed by atoms with E-state index in [1.807, 2.05) is 6.08 Å². The van der Waals surface area contributed by atoms with E-state index in [4.69, 9.17) is 0 Å². The number of aromatic nitrogens is 4. The normalized spacial score (nSPS) is 17.7. The molecule has 52 heavy (non-hydrogen) atoms. The zero-order chi connectivity index (χ0) is 37.5. The number of pyridine rings is 2. The van der Waals surface area contributed by atoms with Crippen molar-refractivity contribution in [2.75, 3.05) is 50.4 Å². The van der Waals surface area contributed by atoms with Crippen LogP contribution >= 0.6 is 0 Å². The molecule has 0 bridgehead atoms. The Hall–Kier alpha value is -4.77. The van der Waals surface area contributed by atoms with Crippen LogP contribution in [0.4, 0.5) is 27.8 Å². The summed E-state index contributed by atoms with van der Waals surface area (Å²) in [5, 5.41) is -0.727. The predicted molar refractivity (Wildman–Crippen MR) is 184 cm³/mol. The SMILES string of the molecule is Cc1ccnc(S(C)(=O)=O)c1-n1c(=O)nc(N2CCN(C(=O)/C=C/CN3CCCCC3)C[C@@H]2C)c2cc(F)c(-c3c(F)cccc3C(F)(F)F)nc21. The Morgan fingerprint density at radius 3 is 2.42 bits per heavy atom. The lowest BCUT2D eigenvalue weighted by Crippen LogP contribution is -2.54. The van der Waals surface area contributed by atoms with Gasteiger partial charge in [-0.3, -0.25) is 9.69 Å². The van der Waals surface area contributed by atoms with Gasteiger partial charge >= 0.3 is 11.9 Å². The second kappa shape index (κ2) is 14.3. The molecular formula is C35H36F5N7O4S. The van der Waals surface area contributed by atoms with Gasteiger partial charge in [-0.2, -0.15) is 18.2 Å². The first-order chi connectivity index (χ1) is 24.6. The van der Waals surface area contributed by atoms with E-state index in [-0.39, 0.29) is 48.0 Å². The molecule has 2 saturated heterocycles. The maximum atomic E-state index is 16.1. The van der Waals surface area contributed by atoms with E-state index >= 15 is 8.78 Å². The first kappa shape index (κ1) is 37.0. The highest BCUT2D eigenvalue weighted by Gasteiger charge is 2.37. The number of amides is 1. The van der Waals surface area contributed by atoms with Gasteiger partial charge in [-0.15, -0.1) is 0 Å². The van der Waals surface area contributed by atoms with E-state index in [1.54, 1.807) is 16.7 Å². The summed E-state index contributed by atoms with van der Waals surface area (Å²) in [5.74, 6) is -3.07. The zero-order valence-electron chi connectivity index (χ0n) is 28.6. The number of nitrogens with zero attached hydrogens (tertiary/aromatic N) is 7. The molecule has 0 spiro atoms. The first-order valence-electron chi connectivity index (χ1n) is 16.7. The Balaban J connectivity index is 1.48. The molecule has 5 heterocycles. The van der Waals surface area contributed by atoms with Crippen LogP contribution < -0.4 is 10.6 Å². The molecule has 276 valence electrons. The summed E-state index contributed by atoms with van der Waals surface area (Å²) >= 11 is 0. The largest absolute Gasteiger partial charge is 0.417 e. The lowest BCUT2D eigenvalue weighted by atomic mass is 10.0. The summed E-state index contributed by atoms with van der Waals surface area (Å²) in [6.45, 7) is 6.36. The average Bonchev–Trinajstić information content (AvgIpc) is 3.08. The smallest absolute Gasteiger partial charge is 0.350 e. The topological polar surface area (TPSA) is 122 Å². The van der Waals surface area contributed by atoms with Crippen molar-refractivity contribution in [3.63, 3.8) is 0 Å². The van der Waals surface area contributed by atoms with Crippen molar-refractivity contribution in [3.05, 3.63) is 81.9 Å². The molecule has 0 aliphatic carbocycles. The second-order valence-electron chi connectivity index (χ2n) is 13.0. The van der Waals surface area contributed by atoms with Gasteiger partial charge in [0.25, 0.3) is 0 Å². The van der Waals surface area contributed by atoms with E-state index in [9.17, 15) is 31.2 Å². The van der Waals surface area contributed by atoms with E-state index in [0.717, 1.165) is 55.0 Å². The molecule has 4 aromatic rings. The van der Waals surface area contributed by atoms with Crippen molar-refractivity contribution in [3.8, 4) is 16.9 Å². The summed E-state index contributed by atoms with van der Waals surface area (Å²) in [5.41, 5.74) is -5.41. The Labute approximate surface area is 296 Å². The third-order valence-corrected chi connectivity index (χ3v) is 10.3. The molecule has 2 fully saturated rings. The molecule has 1 aromatic carbocycles. The van der Waals surface area contributed by atoms with Crippen LogP contribution in [0.1, 0.15) is 37.3 Å². The van der Waals surface area contributed by atoms with Crippen LogP contribution in [0.2, 0.25) is 0 Å². The molecule has 2 aliphatic rings. The average molecular weight is 746 g/mol. The second-order valence-corrected chi connectivity index (χ2v) is 15.0. The number of carbonyl (C=O) groups excluding carboxylic acids is 1. The number of anilines is 1. The van der Waals surface area contributed by atoms with Crippen molar-refractivity contribution in [1.29, 1.82) is 0 Å². The van der Waals surface area contributed by atoms with Gasteiger partial charge in [0.15, 0.2) is 26.3 Å². The molecule has 11 nitrogen and oxygen atoms in total. The number of aryl methyl sites for hydroxylation is 1. The Morgan fingerprint density at radius 2 is 1.75 bits per heavy atom. The van der Waals surface area contributed by atoms with Crippen LogP contribution in [0.3, 0.4) is 0 Å². The minimum atomic E-state index is -5.11. The van der Waals surface area contributed by atoms with Crippen LogP contribution in [0, 0.1) is 18.6 Å². The van der Waals surface area contributed by atoms with Crippen molar-refractivity contribution in [1.82, 2.24) is 29.3 Å². The lowest BCUT2D eigenvalue weighted by Gasteiger charge is -2.40.